The van der Waals surface area contributed by atoms with Gasteiger partial charge in [0.15, 0.2) is 0 Å². The third kappa shape index (κ3) is 5.23. The van der Waals surface area contributed by atoms with Gasteiger partial charge in [-0.05, 0) is 25.8 Å². The van der Waals surface area contributed by atoms with Crippen molar-refractivity contribution in [3.05, 3.63) is 11.4 Å². The third-order valence-corrected chi connectivity index (χ3v) is 2.13. The average Bonchev–Trinajstić information content (AvgIpc) is 2.62. The third-order valence-electron chi connectivity index (χ3n) is 2.13. The van der Waals surface area contributed by atoms with Gasteiger partial charge in [-0.3, -0.25) is 0 Å². The van der Waals surface area contributed by atoms with Gasteiger partial charge >= 0.3 is 0 Å². The molecule has 1 rings (SSSR count). The first-order valence-corrected chi connectivity index (χ1v) is 5.76. The summed E-state index contributed by atoms with van der Waals surface area (Å²) in [6, 6.07) is 0. The molecule has 0 aromatic carbocycles. The minimum Gasteiger partial charge on any atom is -0.381 e. The van der Waals surface area contributed by atoms with Crippen molar-refractivity contribution in [3.63, 3.8) is 0 Å². The standard InChI is InChI=1S/C11H21N3O2/c1-9(2)8-15-6-4-5-12-7-11-10(3)13-16-14-11/h9,12H,4-8H2,1-3H3. The van der Waals surface area contributed by atoms with Crippen molar-refractivity contribution in [2.75, 3.05) is 19.8 Å². The zero-order valence-electron chi connectivity index (χ0n) is 10.3. The van der Waals surface area contributed by atoms with Gasteiger partial charge in [0.1, 0.15) is 11.4 Å². The van der Waals surface area contributed by atoms with E-state index in [1.54, 1.807) is 0 Å². The lowest BCUT2D eigenvalue weighted by atomic mass is 10.2. The minimum atomic E-state index is 0.608. The Hall–Kier alpha value is -0.940. The van der Waals surface area contributed by atoms with Crippen LogP contribution in [0.15, 0.2) is 4.63 Å². The summed E-state index contributed by atoms with van der Waals surface area (Å²) in [5.74, 6) is 0.608. The van der Waals surface area contributed by atoms with Crippen molar-refractivity contribution in [2.24, 2.45) is 5.92 Å². The van der Waals surface area contributed by atoms with Gasteiger partial charge in [0.2, 0.25) is 0 Å². The summed E-state index contributed by atoms with van der Waals surface area (Å²) in [6.45, 7) is 9.47. The maximum Gasteiger partial charge on any atom is 0.121 e. The molecule has 5 heteroatoms. The van der Waals surface area contributed by atoms with Crippen LogP contribution in [-0.2, 0) is 11.3 Å². The highest BCUT2D eigenvalue weighted by Crippen LogP contribution is 1.99. The molecule has 0 saturated carbocycles. The molecule has 5 nitrogen and oxygen atoms in total. The molecular formula is C11H21N3O2. The SMILES string of the molecule is Cc1nonc1CNCCCOCC(C)C. The lowest BCUT2D eigenvalue weighted by Gasteiger charge is -2.06. The fourth-order valence-electron chi connectivity index (χ4n) is 1.23. The van der Waals surface area contributed by atoms with Crippen LogP contribution in [0.5, 0.6) is 0 Å². The first-order chi connectivity index (χ1) is 7.70. The fraction of sp³-hybridized carbons (Fsp3) is 0.818. The van der Waals surface area contributed by atoms with Crippen molar-refractivity contribution in [3.8, 4) is 0 Å². The maximum atomic E-state index is 5.47. The molecule has 0 spiro atoms. The molecule has 0 aliphatic heterocycles. The highest BCUT2D eigenvalue weighted by atomic mass is 16.6. The Bertz CT molecular complexity index is 287. The summed E-state index contributed by atoms with van der Waals surface area (Å²) in [4.78, 5) is 0. The Kier molecular flexibility index (Phi) is 6.03. The van der Waals surface area contributed by atoms with Gasteiger partial charge in [-0.2, -0.15) is 0 Å². The number of aryl methyl sites for hydroxylation is 1. The van der Waals surface area contributed by atoms with Crippen molar-refractivity contribution < 1.29 is 9.37 Å². The molecule has 1 heterocycles. The van der Waals surface area contributed by atoms with E-state index in [0.717, 1.165) is 37.6 Å². The number of hydrogen-bond donors (Lipinski definition) is 1. The molecule has 0 fully saturated rings. The van der Waals surface area contributed by atoms with E-state index in [0.29, 0.717) is 12.5 Å². The van der Waals surface area contributed by atoms with E-state index >= 15 is 0 Å². The second-order valence-corrected chi connectivity index (χ2v) is 4.30. The van der Waals surface area contributed by atoms with Gasteiger partial charge in [0.05, 0.1) is 0 Å². The topological polar surface area (TPSA) is 60.2 Å². The lowest BCUT2D eigenvalue weighted by Crippen LogP contribution is -2.17. The Balaban J connectivity index is 1.94. The van der Waals surface area contributed by atoms with Crippen LogP contribution in [0, 0.1) is 12.8 Å². The molecule has 0 aliphatic rings. The number of nitrogens with zero attached hydrogens (tertiary/aromatic N) is 2. The van der Waals surface area contributed by atoms with Crippen LogP contribution in [-0.4, -0.2) is 30.1 Å². The van der Waals surface area contributed by atoms with Crippen LogP contribution in [0.25, 0.3) is 0 Å². The number of rotatable bonds is 8. The molecule has 0 bridgehead atoms. The van der Waals surface area contributed by atoms with E-state index in [1.165, 1.54) is 0 Å². The molecular weight excluding hydrogens is 206 g/mol. The number of hydrogen-bond acceptors (Lipinski definition) is 5. The highest BCUT2D eigenvalue weighted by Gasteiger charge is 2.03. The first kappa shape index (κ1) is 13.1. The van der Waals surface area contributed by atoms with E-state index in [4.69, 9.17) is 4.74 Å². The van der Waals surface area contributed by atoms with Crippen LogP contribution >= 0.6 is 0 Å². The molecule has 0 unspecified atom stereocenters. The van der Waals surface area contributed by atoms with Crippen molar-refractivity contribution in [1.82, 2.24) is 15.6 Å². The predicted molar refractivity (Wildman–Crippen MR) is 61.0 cm³/mol. The number of nitrogens with one attached hydrogen (secondary N) is 1. The molecule has 0 atom stereocenters. The highest BCUT2D eigenvalue weighted by molar-refractivity contribution is 5.03. The van der Waals surface area contributed by atoms with Crippen molar-refractivity contribution in [1.29, 1.82) is 0 Å². The van der Waals surface area contributed by atoms with Crippen LogP contribution < -0.4 is 5.32 Å². The molecule has 0 aliphatic carbocycles. The molecule has 16 heavy (non-hydrogen) atoms. The average molecular weight is 227 g/mol. The van der Waals surface area contributed by atoms with E-state index in [-0.39, 0.29) is 0 Å². The van der Waals surface area contributed by atoms with E-state index in [1.807, 2.05) is 6.92 Å². The van der Waals surface area contributed by atoms with E-state index in [9.17, 15) is 0 Å². The van der Waals surface area contributed by atoms with Gasteiger partial charge in [-0.1, -0.05) is 24.2 Å². The molecule has 92 valence electrons. The molecule has 0 saturated heterocycles. The Labute approximate surface area is 96.5 Å². The number of ether oxygens (including phenoxy) is 1. The second kappa shape index (κ2) is 7.35. The smallest absolute Gasteiger partial charge is 0.121 e. The lowest BCUT2D eigenvalue weighted by molar-refractivity contribution is 0.108. The quantitative estimate of drug-likeness (QED) is 0.682. The molecule has 1 aromatic heterocycles. The van der Waals surface area contributed by atoms with Crippen LogP contribution in [0.4, 0.5) is 0 Å². The number of aromatic nitrogens is 2. The maximum absolute atomic E-state index is 5.47. The van der Waals surface area contributed by atoms with Crippen LogP contribution in [0.1, 0.15) is 31.7 Å². The summed E-state index contributed by atoms with van der Waals surface area (Å²) in [5.41, 5.74) is 1.73. The van der Waals surface area contributed by atoms with Crippen molar-refractivity contribution >= 4 is 0 Å². The van der Waals surface area contributed by atoms with Gasteiger partial charge < -0.3 is 10.1 Å². The van der Waals surface area contributed by atoms with Crippen molar-refractivity contribution in [2.45, 2.75) is 33.7 Å². The molecule has 1 aromatic rings. The predicted octanol–water partition coefficient (Wildman–Crippen LogP) is 1.53. The second-order valence-electron chi connectivity index (χ2n) is 4.30. The Morgan fingerprint density at radius 3 is 2.81 bits per heavy atom. The summed E-state index contributed by atoms with van der Waals surface area (Å²) >= 11 is 0. The summed E-state index contributed by atoms with van der Waals surface area (Å²) in [5, 5.41) is 10.8. The van der Waals surface area contributed by atoms with Gasteiger partial charge in [0.25, 0.3) is 0 Å². The molecule has 0 radical (unpaired) electrons. The minimum absolute atomic E-state index is 0.608. The first-order valence-electron chi connectivity index (χ1n) is 5.76. The van der Waals surface area contributed by atoms with E-state index in [2.05, 4.69) is 34.1 Å². The Morgan fingerprint density at radius 2 is 2.19 bits per heavy atom. The normalized spacial score (nSPS) is 11.2. The zero-order chi connectivity index (χ0) is 11.8. The monoisotopic (exact) mass is 227 g/mol. The largest absolute Gasteiger partial charge is 0.381 e. The summed E-state index contributed by atoms with van der Waals surface area (Å²) in [7, 11) is 0. The van der Waals surface area contributed by atoms with Gasteiger partial charge in [0, 0.05) is 19.8 Å². The van der Waals surface area contributed by atoms with Gasteiger partial charge in [-0.15, -0.1) is 0 Å². The fourth-order valence-corrected chi connectivity index (χ4v) is 1.23. The Morgan fingerprint density at radius 1 is 1.38 bits per heavy atom. The molecule has 1 N–H and O–H groups in total. The summed E-state index contributed by atoms with van der Waals surface area (Å²) in [6.07, 6.45) is 1.01. The van der Waals surface area contributed by atoms with Crippen LogP contribution in [0.3, 0.4) is 0 Å². The zero-order valence-corrected chi connectivity index (χ0v) is 10.3. The summed E-state index contributed by atoms with van der Waals surface area (Å²) < 4.78 is 10.1. The van der Waals surface area contributed by atoms with E-state index < -0.39 is 0 Å². The van der Waals surface area contributed by atoms with Crippen LogP contribution in [0.2, 0.25) is 0 Å². The molecule has 0 amide bonds. The van der Waals surface area contributed by atoms with Gasteiger partial charge in [-0.25, -0.2) is 4.63 Å².